The van der Waals surface area contributed by atoms with Gasteiger partial charge in [-0.15, -0.1) is 11.3 Å². The van der Waals surface area contributed by atoms with E-state index in [-0.39, 0.29) is 0 Å². The normalized spacial score (nSPS) is 10.1. The maximum Gasteiger partial charge on any atom is 0.153 e. The molecule has 3 heteroatoms. The third-order valence-electron chi connectivity index (χ3n) is 2.25. The largest absolute Gasteiger partial charge is 0.493 e. The molecule has 2 nitrogen and oxygen atoms in total. The maximum absolute atomic E-state index is 10.8. The highest BCUT2D eigenvalue weighted by atomic mass is 32.1. The number of hydrogen-bond acceptors (Lipinski definition) is 3. The lowest BCUT2D eigenvalue weighted by Crippen LogP contribution is -1.96. The molecule has 1 aromatic heterocycles. The molecule has 82 valence electrons. The molecule has 0 saturated heterocycles. The van der Waals surface area contributed by atoms with Crippen molar-refractivity contribution in [1.29, 1.82) is 0 Å². The molecule has 0 unspecified atom stereocenters. The van der Waals surface area contributed by atoms with Gasteiger partial charge in [-0.25, -0.2) is 0 Å². The summed E-state index contributed by atoms with van der Waals surface area (Å²) >= 11 is 1.67. The Kier molecular flexibility index (Phi) is 3.37. The molecule has 0 atom stereocenters. The Hall–Kier alpha value is -1.61. The van der Waals surface area contributed by atoms with E-state index >= 15 is 0 Å². The summed E-state index contributed by atoms with van der Waals surface area (Å²) in [5.74, 6) is 0.656. The highest BCUT2D eigenvalue weighted by Gasteiger charge is 2.06. The summed E-state index contributed by atoms with van der Waals surface area (Å²) in [6.45, 7) is 2.47. The van der Waals surface area contributed by atoms with Crippen molar-refractivity contribution in [3.63, 3.8) is 0 Å². The first-order valence-electron chi connectivity index (χ1n) is 5.11. The molecule has 0 bridgehead atoms. The minimum absolute atomic E-state index is 0.564. The molecule has 2 rings (SSSR count). The summed E-state index contributed by atoms with van der Waals surface area (Å²) in [5, 5.41) is 2.03. The van der Waals surface area contributed by atoms with E-state index in [4.69, 9.17) is 4.74 Å². The third-order valence-corrected chi connectivity index (χ3v) is 3.17. The number of hydrogen-bond donors (Lipinski definition) is 0. The molecule has 1 aromatic carbocycles. The van der Waals surface area contributed by atoms with Crippen LogP contribution in [0.25, 0.3) is 10.4 Å². The van der Waals surface area contributed by atoms with E-state index in [0.29, 0.717) is 17.9 Å². The highest BCUT2D eigenvalue weighted by Crippen LogP contribution is 2.29. The molecule has 2 aromatic rings. The zero-order chi connectivity index (χ0) is 11.4. The lowest BCUT2D eigenvalue weighted by molar-refractivity contribution is 0.112. The Balaban J connectivity index is 2.42. The average molecular weight is 232 g/mol. The maximum atomic E-state index is 10.8. The van der Waals surface area contributed by atoms with Crippen LogP contribution in [-0.4, -0.2) is 12.9 Å². The lowest BCUT2D eigenvalue weighted by Gasteiger charge is -2.07. The van der Waals surface area contributed by atoms with Crippen LogP contribution in [0.2, 0.25) is 0 Å². The van der Waals surface area contributed by atoms with Crippen LogP contribution in [0, 0.1) is 0 Å². The molecule has 0 aliphatic rings. The van der Waals surface area contributed by atoms with Gasteiger partial charge in [-0.05, 0) is 36.1 Å². The molecule has 0 amide bonds. The molecule has 0 aliphatic heterocycles. The van der Waals surface area contributed by atoms with Gasteiger partial charge in [0.1, 0.15) is 5.75 Å². The van der Waals surface area contributed by atoms with Crippen molar-refractivity contribution in [1.82, 2.24) is 0 Å². The van der Waals surface area contributed by atoms with E-state index in [1.54, 1.807) is 17.4 Å². The second kappa shape index (κ2) is 4.94. The Morgan fingerprint density at radius 3 is 2.88 bits per heavy atom. The van der Waals surface area contributed by atoms with Crippen LogP contribution < -0.4 is 4.74 Å². The fourth-order valence-electron chi connectivity index (χ4n) is 1.51. The van der Waals surface area contributed by atoms with E-state index < -0.39 is 0 Å². The van der Waals surface area contributed by atoms with Gasteiger partial charge in [0.25, 0.3) is 0 Å². The molecule has 0 radical (unpaired) electrons. The summed E-state index contributed by atoms with van der Waals surface area (Å²) < 4.78 is 5.44. The molecule has 0 aliphatic carbocycles. The fraction of sp³-hybridized carbons (Fsp3) is 0.154. The Morgan fingerprint density at radius 1 is 1.38 bits per heavy atom. The number of carbonyl (C=O) groups excluding carboxylic acids is 1. The summed E-state index contributed by atoms with van der Waals surface area (Å²) in [7, 11) is 0. The Labute approximate surface area is 98.5 Å². The van der Waals surface area contributed by atoms with Crippen molar-refractivity contribution in [2.75, 3.05) is 6.61 Å². The predicted molar refractivity (Wildman–Crippen MR) is 66.3 cm³/mol. The van der Waals surface area contributed by atoms with E-state index in [1.807, 2.05) is 30.5 Å². The van der Waals surface area contributed by atoms with Crippen LogP contribution in [0.1, 0.15) is 17.3 Å². The Bertz CT molecular complexity index is 475. The zero-order valence-corrected chi connectivity index (χ0v) is 9.79. The van der Waals surface area contributed by atoms with Crippen LogP contribution in [-0.2, 0) is 0 Å². The van der Waals surface area contributed by atoms with E-state index in [9.17, 15) is 4.79 Å². The summed E-state index contributed by atoms with van der Waals surface area (Å²) in [4.78, 5) is 12.0. The van der Waals surface area contributed by atoms with Crippen molar-refractivity contribution in [3.8, 4) is 16.2 Å². The van der Waals surface area contributed by atoms with Crippen LogP contribution in [0.3, 0.4) is 0 Å². The second-order valence-electron chi connectivity index (χ2n) is 3.28. The second-order valence-corrected chi connectivity index (χ2v) is 4.23. The lowest BCUT2D eigenvalue weighted by atomic mass is 10.1. The minimum Gasteiger partial charge on any atom is -0.493 e. The van der Waals surface area contributed by atoms with Gasteiger partial charge in [0.15, 0.2) is 6.29 Å². The fourth-order valence-corrected chi connectivity index (χ4v) is 2.23. The molecular formula is C13H12O2S. The van der Waals surface area contributed by atoms with Gasteiger partial charge in [0.2, 0.25) is 0 Å². The van der Waals surface area contributed by atoms with Gasteiger partial charge in [-0.3, -0.25) is 4.79 Å². The van der Waals surface area contributed by atoms with E-state index in [0.717, 1.165) is 11.8 Å². The molecule has 16 heavy (non-hydrogen) atoms. The molecular weight excluding hydrogens is 220 g/mol. The SMILES string of the molecule is CCOc1cc(-c2cccs2)ccc1C=O. The van der Waals surface area contributed by atoms with Gasteiger partial charge in [-0.2, -0.15) is 0 Å². The zero-order valence-electron chi connectivity index (χ0n) is 8.97. The monoisotopic (exact) mass is 232 g/mol. The van der Waals surface area contributed by atoms with Crippen LogP contribution >= 0.6 is 11.3 Å². The summed E-state index contributed by atoms with van der Waals surface area (Å²) in [6, 6.07) is 9.72. The molecule has 0 fully saturated rings. The van der Waals surface area contributed by atoms with Crippen molar-refractivity contribution in [3.05, 3.63) is 41.3 Å². The molecule has 0 spiro atoms. The van der Waals surface area contributed by atoms with Gasteiger partial charge >= 0.3 is 0 Å². The van der Waals surface area contributed by atoms with Gasteiger partial charge < -0.3 is 4.74 Å². The van der Waals surface area contributed by atoms with Crippen LogP contribution in [0.4, 0.5) is 0 Å². The smallest absolute Gasteiger partial charge is 0.153 e. The van der Waals surface area contributed by atoms with Gasteiger partial charge in [-0.1, -0.05) is 12.1 Å². The van der Waals surface area contributed by atoms with E-state index in [2.05, 4.69) is 6.07 Å². The number of thiophene rings is 1. The van der Waals surface area contributed by atoms with Crippen molar-refractivity contribution in [2.24, 2.45) is 0 Å². The third kappa shape index (κ3) is 2.14. The van der Waals surface area contributed by atoms with Crippen LogP contribution in [0.5, 0.6) is 5.75 Å². The Morgan fingerprint density at radius 2 is 2.25 bits per heavy atom. The average Bonchev–Trinajstić information content (AvgIpc) is 2.83. The first-order chi connectivity index (χ1) is 7.85. The van der Waals surface area contributed by atoms with E-state index in [1.165, 1.54) is 4.88 Å². The minimum atomic E-state index is 0.564. The first-order valence-corrected chi connectivity index (χ1v) is 5.99. The number of carbonyl (C=O) groups is 1. The standard InChI is InChI=1S/C13H12O2S/c1-2-15-12-8-10(5-6-11(12)9-14)13-4-3-7-16-13/h3-9H,2H2,1H3. The first kappa shape index (κ1) is 10.9. The van der Waals surface area contributed by atoms with Gasteiger partial charge in [0, 0.05) is 4.88 Å². The molecule has 0 saturated carbocycles. The topological polar surface area (TPSA) is 26.3 Å². The summed E-state index contributed by atoms with van der Waals surface area (Å²) in [6.07, 6.45) is 0.823. The predicted octanol–water partition coefficient (Wildman–Crippen LogP) is 3.63. The molecule has 1 heterocycles. The highest BCUT2D eigenvalue weighted by molar-refractivity contribution is 7.13. The molecule has 0 N–H and O–H groups in total. The van der Waals surface area contributed by atoms with Crippen molar-refractivity contribution in [2.45, 2.75) is 6.92 Å². The summed E-state index contributed by atoms with van der Waals surface area (Å²) in [5.41, 5.74) is 1.69. The number of aldehydes is 1. The number of rotatable bonds is 4. The number of benzene rings is 1. The van der Waals surface area contributed by atoms with Crippen molar-refractivity contribution < 1.29 is 9.53 Å². The quantitative estimate of drug-likeness (QED) is 0.752. The number of ether oxygens (including phenoxy) is 1. The van der Waals surface area contributed by atoms with Crippen LogP contribution in [0.15, 0.2) is 35.7 Å². The van der Waals surface area contributed by atoms with Gasteiger partial charge in [0.05, 0.1) is 12.2 Å². The van der Waals surface area contributed by atoms with Crippen molar-refractivity contribution >= 4 is 17.6 Å².